The van der Waals surface area contributed by atoms with Crippen molar-refractivity contribution in [1.82, 2.24) is 5.32 Å². The van der Waals surface area contributed by atoms with Crippen molar-refractivity contribution >= 4 is 21.6 Å². The summed E-state index contributed by atoms with van der Waals surface area (Å²) in [6, 6.07) is 8.50. The number of anilines is 1. The Labute approximate surface area is 111 Å². The summed E-state index contributed by atoms with van der Waals surface area (Å²) in [5.41, 5.74) is 1.28. The minimum absolute atomic E-state index is 0.347. The van der Waals surface area contributed by atoms with E-state index in [0.717, 1.165) is 37.1 Å². The Morgan fingerprint density at radius 2 is 2.18 bits per heavy atom. The normalized spacial score (nSPS) is 20.6. The summed E-state index contributed by atoms with van der Waals surface area (Å²) < 4.78 is 6.89. The second-order valence-electron chi connectivity index (χ2n) is 4.31. The Morgan fingerprint density at radius 1 is 1.41 bits per heavy atom. The molecule has 1 atom stereocenters. The highest BCUT2D eigenvalue weighted by Gasteiger charge is 2.19. The number of benzene rings is 1. The molecule has 4 heteroatoms. The Hall–Kier alpha value is -0.580. The average Bonchev–Trinajstić information content (AvgIpc) is 2.37. The molecule has 0 aromatic heterocycles. The van der Waals surface area contributed by atoms with Crippen LogP contribution in [0.2, 0.25) is 0 Å². The predicted octanol–water partition coefficient (Wildman–Crippen LogP) is 2.26. The van der Waals surface area contributed by atoms with Crippen LogP contribution in [-0.2, 0) is 4.74 Å². The molecule has 0 spiro atoms. The lowest BCUT2D eigenvalue weighted by Gasteiger charge is -2.34. The minimum Gasteiger partial charge on any atom is -0.374 e. The SMILES string of the molecule is CNCCC1CN(c2ccc(Br)cc2)CCO1. The molecule has 3 nitrogen and oxygen atoms in total. The van der Waals surface area contributed by atoms with Gasteiger partial charge >= 0.3 is 0 Å². The molecule has 1 aromatic carbocycles. The Morgan fingerprint density at radius 3 is 2.88 bits per heavy atom. The van der Waals surface area contributed by atoms with Gasteiger partial charge in [0, 0.05) is 23.2 Å². The molecule has 1 heterocycles. The van der Waals surface area contributed by atoms with Gasteiger partial charge in [-0.2, -0.15) is 0 Å². The second kappa shape index (κ2) is 6.38. The smallest absolute Gasteiger partial charge is 0.0762 e. The summed E-state index contributed by atoms with van der Waals surface area (Å²) in [6.45, 7) is 3.81. The van der Waals surface area contributed by atoms with Crippen LogP contribution >= 0.6 is 15.9 Å². The van der Waals surface area contributed by atoms with E-state index in [0.29, 0.717) is 6.10 Å². The molecule has 2 rings (SSSR count). The van der Waals surface area contributed by atoms with E-state index in [4.69, 9.17) is 4.74 Å². The zero-order valence-electron chi connectivity index (χ0n) is 10.2. The first-order valence-corrected chi connectivity index (χ1v) is 6.85. The van der Waals surface area contributed by atoms with Crippen molar-refractivity contribution in [1.29, 1.82) is 0 Å². The van der Waals surface area contributed by atoms with Crippen molar-refractivity contribution in [2.75, 3.05) is 38.2 Å². The predicted molar refractivity (Wildman–Crippen MR) is 74.6 cm³/mol. The van der Waals surface area contributed by atoms with Gasteiger partial charge in [-0.25, -0.2) is 0 Å². The van der Waals surface area contributed by atoms with Gasteiger partial charge in [0.1, 0.15) is 0 Å². The Kier molecular flexibility index (Phi) is 4.83. The summed E-state index contributed by atoms with van der Waals surface area (Å²) in [7, 11) is 1.98. The fourth-order valence-electron chi connectivity index (χ4n) is 2.09. The van der Waals surface area contributed by atoms with Crippen molar-refractivity contribution in [2.45, 2.75) is 12.5 Å². The van der Waals surface area contributed by atoms with Crippen molar-refractivity contribution in [3.8, 4) is 0 Å². The van der Waals surface area contributed by atoms with Crippen LogP contribution < -0.4 is 10.2 Å². The molecule has 1 aromatic rings. The number of halogens is 1. The summed E-state index contributed by atoms with van der Waals surface area (Å²) in [6.07, 6.45) is 1.42. The molecule has 0 bridgehead atoms. The summed E-state index contributed by atoms with van der Waals surface area (Å²) in [4.78, 5) is 2.40. The molecule has 0 amide bonds. The molecule has 1 aliphatic heterocycles. The largest absolute Gasteiger partial charge is 0.374 e. The molecule has 94 valence electrons. The van der Waals surface area contributed by atoms with Crippen molar-refractivity contribution in [3.05, 3.63) is 28.7 Å². The highest BCUT2D eigenvalue weighted by molar-refractivity contribution is 9.10. The second-order valence-corrected chi connectivity index (χ2v) is 5.22. The summed E-state index contributed by atoms with van der Waals surface area (Å²) in [5, 5.41) is 3.17. The molecule has 0 saturated carbocycles. The van der Waals surface area contributed by atoms with E-state index < -0.39 is 0 Å². The van der Waals surface area contributed by atoms with E-state index in [9.17, 15) is 0 Å². The van der Waals surface area contributed by atoms with Crippen molar-refractivity contribution in [2.24, 2.45) is 0 Å². The topological polar surface area (TPSA) is 24.5 Å². The number of rotatable bonds is 4. The molecular formula is C13H19BrN2O. The molecule has 1 fully saturated rings. The van der Waals surface area contributed by atoms with Crippen LogP contribution in [0.4, 0.5) is 5.69 Å². The fourth-order valence-corrected chi connectivity index (χ4v) is 2.35. The monoisotopic (exact) mass is 298 g/mol. The van der Waals surface area contributed by atoms with E-state index in [1.54, 1.807) is 0 Å². The van der Waals surface area contributed by atoms with Crippen LogP contribution in [0.3, 0.4) is 0 Å². The molecule has 1 unspecified atom stereocenters. The molecule has 1 N–H and O–H groups in total. The van der Waals surface area contributed by atoms with E-state index in [1.807, 2.05) is 7.05 Å². The van der Waals surface area contributed by atoms with Crippen LogP contribution in [0.25, 0.3) is 0 Å². The number of ether oxygens (including phenoxy) is 1. The highest BCUT2D eigenvalue weighted by atomic mass is 79.9. The average molecular weight is 299 g/mol. The van der Waals surface area contributed by atoms with Crippen molar-refractivity contribution in [3.63, 3.8) is 0 Å². The first-order valence-electron chi connectivity index (χ1n) is 6.06. The number of nitrogens with one attached hydrogen (secondary N) is 1. The fraction of sp³-hybridized carbons (Fsp3) is 0.538. The third-order valence-electron chi connectivity index (χ3n) is 3.05. The molecule has 17 heavy (non-hydrogen) atoms. The van der Waals surface area contributed by atoms with Gasteiger partial charge in [-0.15, -0.1) is 0 Å². The highest BCUT2D eigenvalue weighted by Crippen LogP contribution is 2.21. The lowest BCUT2D eigenvalue weighted by Crippen LogP contribution is -2.43. The van der Waals surface area contributed by atoms with Gasteiger partial charge in [-0.05, 0) is 44.3 Å². The molecule has 0 radical (unpaired) electrons. The lowest BCUT2D eigenvalue weighted by atomic mass is 10.2. The van der Waals surface area contributed by atoms with Gasteiger partial charge in [0.2, 0.25) is 0 Å². The maximum atomic E-state index is 5.76. The maximum Gasteiger partial charge on any atom is 0.0762 e. The molecule has 1 aliphatic rings. The molecule has 1 saturated heterocycles. The Bertz CT molecular complexity index is 342. The minimum atomic E-state index is 0.347. The summed E-state index contributed by atoms with van der Waals surface area (Å²) >= 11 is 3.46. The third kappa shape index (κ3) is 3.69. The maximum absolute atomic E-state index is 5.76. The first-order chi connectivity index (χ1) is 8.29. The van der Waals surface area contributed by atoms with Gasteiger partial charge in [-0.3, -0.25) is 0 Å². The zero-order chi connectivity index (χ0) is 12.1. The van der Waals surface area contributed by atoms with E-state index in [2.05, 4.69) is 50.4 Å². The molecular weight excluding hydrogens is 280 g/mol. The van der Waals surface area contributed by atoms with E-state index >= 15 is 0 Å². The van der Waals surface area contributed by atoms with Crippen LogP contribution in [0.1, 0.15) is 6.42 Å². The van der Waals surface area contributed by atoms with Crippen molar-refractivity contribution < 1.29 is 4.74 Å². The molecule has 0 aliphatic carbocycles. The third-order valence-corrected chi connectivity index (χ3v) is 3.58. The first kappa shape index (κ1) is 12.9. The number of hydrogen-bond acceptors (Lipinski definition) is 3. The zero-order valence-corrected chi connectivity index (χ0v) is 11.7. The quantitative estimate of drug-likeness (QED) is 0.923. The number of nitrogens with zero attached hydrogens (tertiary/aromatic N) is 1. The Balaban J connectivity index is 1.94. The van der Waals surface area contributed by atoms with Crippen LogP contribution in [0, 0.1) is 0 Å². The number of hydrogen-bond donors (Lipinski definition) is 1. The van der Waals surface area contributed by atoms with Gasteiger partial charge in [0.15, 0.2) is 0 Å². The van der Waals surface area contributed by atoms with E-state index in [1.165, 1.54) is 5.69 Å². The van der Waals surface area contributed by atoms with Crippen LogP contribution in [0.5, 0.6) is 0 Å². The summed E-state index contributed by atoms with van der Waals surface area (Å²) in [5.74, 6) is 0. The van der Waals surface area contributed by atoms with Gasteiger partial charge in [0.25, 0.3) is 0 Å². The van der Waals surface area contributed by atoms with Crippen LogP contribution in [-0.4, -0.2) is 39.4 Å². The van der Waals surface area contributed by atoms with Gasteiger partial charge in [0.05, 0.1) is 12.7 Å². The van der Waals surface area contributed by atoms with E-state index in [-0.39, 0.29) is 0 Å². The number of morpholine rings is 1. The van der Waals surface area contributed by atoms with Gasteiger partial charge in [-0.1, -0.05) is 15.9 Å². The van der Waals surface area contributed by atoms with Crippen LogP contribution in [0.15, 0.2) is 28.7 Å². The standard InChI is InChI=1S/C13H19BrN2O/c1-15-7-6-13-10-16(8-9-17-13)12-4-2-11(14)3-5-12/h2-5,13,15H,6-10H2,1H3. The lowest BCUT2D eigenvalue weighted by molar-refractivity contribution is 0.0358. The van der Waals surface area contributed by atoms with Gasteiger partial charge < -0.3 is 15.0 Å².